The van der Waals surface area contributed by atoms with E-state index < -0.39 is 0 Å². The fourth-order valence-corrected chi connectivity index (χ4v) is 3.60. The second-order valence-electron chi connectivity index (χ2n) is 5.51. The summed E-state index contributed by atoms with van der Waals surface area (Å²) in [5, 5.41) is 1.96. The highest BCUT2D eigenvalue weighted by molar-refractivity contribution is 8.03. The van der Waals surface area contributed by atoms with Gasteiger partial charge in [0, 0.05) is 11.8 Å². The number of rotatable bonds is 3. The molecule has 6 nitrogen and oxygen atoms in total. The van der Waals surface area contributed by atoms with E-state index in [9.17, 15) is 0 Å². The van der Waals surface area contributed by atoms with Crippen LogP contribution in [0, 0.1) is 0 Å². The Labute approximate surface area is 144 Å². The molecule has 0 aliphatic carbocycles. The monoisotopic (exact) mass is 342 g/mol. The van der Waals surface area contributed by atoms with E-state index in [0.29, 0.717) is 18.2 Å². The molecule has 0 fully saturated rings. The van der Waals surface area contributed by atoms with Crippen LogP contribution in [0.25, 0.3) is 16.6 Å². The first-order chi connectivity index (χ1) is 11.8. The SMILES string of the molecule is COc1ccc(C2=CCOCC2)c2ncc(N3C=CSC3N)nc12. The van der Waals surface area contributed by atoms with E-state index in [-0.39, 0.29) is 5.50 Å². The van der Waals surface area contributed by atoms with Gasteiger partial charge in [-0.2, -0.15) is 0 Å². The Morgan fingerprint density at radius 1 is 1.38 bits per heavy atom. The third-order valence-electron chi connectivity index (χ3n) is 4.16. The van der Waals surface area contributed by atoms with Crippen LogP contribution in [0.3, 0.4) is 0 Å². The van der Waals surface area contributed by atoms with Crippen LogP contribution < -0.4 is 15.4 Å². The average Bonchev–Trinajstić information content (AvgIpc) is 3.07. The number of benzene rings is 1. The molecule has 0 saturated heterocycles. The van der Waals surface area contributed by atoms with Crippen LogP contribution in [0.5, 0.6) is 5.75 Å². The molecule has 1 unspecified atom stereocenters. The van der Waals surface area contributed by atoms with Crippen LogP contribution in [0.2, 0.25) is 0 Å². The Bertz CT molecular complexity index is 837. The number of hydrogen-bond donors (Lipinski definition) is 1. The van der Waals surface area contributed by atoms with Crippen LogP contribution in [0.1, 0.15) is 12.0 Å². The molecule has 7 heteroatoms. The van der Waals surface area contributed by atoms with Crippen molar-refractivity contribution in [2.45, 2.75) is 11.9 Å². The molecule has 4 rings (SSSR count). The van der Waals surface area contributed by atoms with Gasteiger partial charge in [-0.1, -0.05) is 17.8 Å². The maximum atomic E-state index is 6.08. The molecule has 2 N–H and O–H groups in total. The van der Waals surface area contributed by atoms with Gasteiger partial charge < -0.3 is 20.1 Å². The van der Waals surface area contributed by atoms with Crippen molar-refractivity contribution in [3.05, 3.63) is 41.6 Å². The van der Waals surface area contributed by atoms with Gasteiger partial charge in [-0.05, 0) is 29.5 Å². The molecule has 1 atom stereocenters. The van der Waals surface area contributed by atoms with Crippen molar-refractivity contribution < 1.29 is 9.47 Å². The summed E-state index contributed by atoms with van der Waals surface area (Å²) in [7, 11) is 1.65. The lowest BCUT2D eigenvalue weighted by atomic mass is 9.99. The molecule has 24 heavy (non-hydrogen) atoms. The molecular weight excluding hydrogens is 324 g/mol. The van der Waals surface area contributed by atoms with Crippen molar-refractivity contribution in [3.8, 4) is 5.75 Å². The summed E-state index contributed by atoms with van der Waals surface area (Å²) in [5.41, 5.74) is 9.82. The van der Waals surface area contributed by atoms with Gasteiger partial charge in [0.1, 0.15) is 22.3 Å². The van der Waals surface area contributed by atoms with Crippen LogP contribution in [0.4, 0.5) is 5.82 Å². The number of aromatic nitrogens is 2. The normalized spacial score (nSPS) is 20.5. The number of nitrogens with two attached hydrogens (primary N) is 1. The Morgan fingerprint density at radius 3 is 3.00 bits per heavy atom. The minimum absolute atomic E-state index is 0.177. The largest absolute Gasteiger partial charge is 0.494 e. The van der Waals surface area contributed by atoms with Crippen molar-refractivity contribution in [2.24, 2.45) is 5.73 Å². The van der Waals surface area contributed by atoms with E-state index >= 15 is 0 Å². The lowest BCUT2D eigenvalue weighted by Crippen LogP contribution is -2.32. The van der Waals surface area contributed by atoms with Crippen molar-refractivity contribution >= 4 is 34.2 Å². The van der Waals surface area contributed by atoms with E-state index in [0.717, 1.165) is 29.6 Å². The molecule has 3 heterocycles. The number of anilines is 1. The zero-order chi connectivity index (χ0) is 16.5. The van der Waals surface area contributed by atoms with E-state index in [1.165, 1.54) is 5.57 Å². The second-order valence-corrected chi connectivity index (χ2v) is 6.54. The van der Waals surface area contributed by atoms with Crippen molar-refractivity contribution in [3.63, 3.8) is 0 Å². The molecular formula is C17H18N4O2S. The molecule has 1 aromatic carbocycles. The summed E-state index contributed by atoms with van der Waals surface area (Å²) < 4.78 is 10.9. The first-order valence-electron chi connectivity index (χ1n) is 7.75. The lowest BCUT2D eigenvalue weighted by molar-refractivity contribution is 0.161. The van der Waals surface area contributed by atoms with Gasteiger partial charge in [0.15, 0.2) is 5.82 Å². The third-order valence-corrected chi connectivity index (χ3v) is 4.94. The number of fused-ring (bicyclic) bond motifs is 1. The van der Waals surface area contributed by atoms with Crippen LogP contribution in [-0.2, 0) is 4.74 Å². The van der Waals surface area contributed by atoms with Gasteiger partial charge in [-0.15, -0.1) is 0 Å². The van der Waals surface area contributed by atoms with Crippen LogP contribution in [0.15, 0.2) is 36.0 Å². The van der Waals surface area contributed by atoms with E-state index in [2.05, 4.69) is 11.1 Å². The number of nitrogens with zero attached hydrogens (tertiary/aromatic N) is 3. The van der Waals surface area contributed by atoms with Crippen molar-refractivity contribution in [1.29, 1.82) is 0 Å². The Morgan fingerprint density at radius 2 is 2.29 bits per heavy atom. The van der Waals surface area contributed by atoms with E-state index in [4.69, 9.17) is 20.2 Å². The highest BCUT2D eigenvalue weighted by atomic mass is 32.2. The minimum Gasteiger partial charge on any atom is -0.494 e. The summed E-state index contributed by atoms with van der Waals surface area (Å²) in [5.74, 6) is 1.42. The molecule has 0 saturated carbocycles. The zero-order valence-electron chi connectivity index (χ0n) is 13.3. The molecule has 124 valence electrons. The molecule has 0 radical (unpaired) electrons. The van der Waals surface area contributed by atoms with E-state index in [1.807, 2.05) is 28.6 Å². The molecule has 1 aromatic heterocycles. The molecule has 0 bridgehead atoms. The third kappa shape index (κ3) is 2.64. The fourth-order valence-electron chi connectivity index (χ4n) is 2.92. The van der Waals surface area contributed by atoms with Gasteiger partial charge >= 0.3 is 0 Å². The first-order valence-corrected chi connectivity index (χ1v) is 8.69. The van der Waals surface area contributed by atoms with Gasteiger partial charge in [-0.3, -0.25) is 0 Å². The molecule has 2 aromatic rings. The van der Waals surface area contributed by atoms with Crippen LogP contribution in [-0.4, -0.2) is 35.8 Å². The smallest absolute Gasteiger partial charge is 0.153 e. The summed E-state index contributed by atoms with van der Waals surface area (Å²) in [6, 6.07) is 3.99. The van der Waals surface area contributed by atoms with Gasteiger partial charge in [0.25, 0.3) is 0 Å². The lowest BCUT2D eigenvalue weighted by Gasteiger charge is -2.21. The van der Waals surface area contributed by atoms with Gasteiger partial charge in [-0.25, -0.2) is 9.97 Å². The first kappa shape index (κ1) is 15.4. The van der Waals surface area contributed by atoms with Crippen molar-refractivity contribution in [1.82, 2.24) is 9.97 Å². The highest BCUT2D eigenvalue weighted by Gasteiger charge is 2.21. The molecule has 0 amide bonds. The summed E-state index contributed by atoms with van der Waals surface area (Å²) >= 11 is 1.54. The standard InChI is InChI=1S/C17H18N4O2S/c1-22-13-3-2-12(11-4-7-23-8-5-11)15-16(13)20-14(10-19-15)21-6-9-24-17(21)18/h2-4,6,9-10,17H,5,7-8,18H2,1H3. The quantitative estimate of drug-likeness (QED) is 0.919. The molecule has 0 spiro atoms. The van der Waals surface area contributed by atoms with E-state index in [1.54, 1.807) is 25.1 Å². The van der Waals surface area contributed by atoms with Gasteiger partial charge in [0.2, 0.25) is 0 Å². The Hall–Kier alpha value is -2.09. The Balaban J connectivity index is 1.86. The zero-order valence-corrected chi connectivity index (χ0v) is 14.1. The summed E-state index contributed by atoms with van der Waals surface area (Å²) in [6.07, 6.45) is 6.67. The topological polar surface area (TPSA) is 73.5 Å². The summed E-state index contributed by atoms with van der Waals surface area (Å²) in [6.45, 7) is 1.37. The average molecular weight is 342 g/mol. The number of thioether (sulfide) groups is 1. The number of methoxy groups -OCH3 is 1. The Kier molecular flexibility index (Phi) is 4.13. The van der Waals surface area contributed by atoms with Crippen molar-refractivity contribution in [2.75, 3.05) is 25.2 Å². The molecule has 2 aliphatic heterocycles. The molecule has 2 aliphatic rings. The number of hydrogen-bond acceptors (Lipinski definition) is 7. The second kappa shape index (κ2) is 6.43. The van der Waals surface area contributed by atoms with Crippen LogP contribution >= 0.6 is 11.8 Å². The fraction of sp³-hybridized carbons (Fsp3) is 0.294. The highest BCUT2D eigenvalue weighted by Crippen LogP contribution is 2.34. The predicted molar refractivity (Wildman–Crippen MR) is 96.7 cm³/mol. The minimum atomic E-state index is -0.177. The van der Waals surface area contributed by atoms with Gasteiger partial charge in [0.05, 0.1) is 26.5 Å². The maximum Gasteiger partial charge on any atom is 0.153 e. The summed E-state index contributed by atoms with van der Waals surface area (Å²) in [4.78, 5) is 11.3. The maximum absolute atomic E-state index is 6.08. The predicted octanol–water partition coefficient (Wildman–Crippen LogP) is 2.71. The number of ether oxygens (including phenoxy) is 2.